The molecule has 0 aliphatic rings. The third-order valence-corrected chi connectivity index (χ3v) is 2.16. The average Bonchev–Trinajstić information content (AvgIpc) is 1.79. The van der Waals surface area contributed by atoms with Gasteiger partial charge in [0.05, 0.1) is 0 Å². The molecule has 0 amide bonds. The summed E-state index contributed by atoms with van der Waals surface area (Å²) in [6, 6.07) is 0. The predicted molar refractivity (Wildman–Crippen MR) is 41.3 cm³/mol. The van der Waals surface area contributed by atoms with Crippen LogP contribution in [0.2, 0.25) is 0 Å². The second-order valence-corrected chi connectivity index (χ2v) is 3.61. The van der Waals surface area contributed by atoms with E-state index in [2.05, 4.69) is 0 Å². The minimum absolute atomic E-state index is 0.00617. The summed E-state index contributed by atoms with van der Waals surface area (Å²) in [5, 5.41) is 4.85. The van der Waals surface area contributed by atoms with E-state index in [0.717, 1.165) is 0 Å². The molecule has 72 valence electrons. The monoisotopic (exact) mass is 201 g/mol. The Bertz CT molecular complexity index is 209. The maximum Gasteiger partial charge on any atom is 0.410 e. The Morgan fingerprint density at radius 2 is 1.92 bits per heavy atom. The first-order valence-corrected chi connectivity index (χ1v) is 4.41. The van der Waals surface area contributed by atoms with Gasteiger partial charge in [-0.3, -0.25) is 0 Å². The van der Waals surface area contributed by atoms with E-state index in [1.807, 2.05) is 0 Å². The molecule has 0 aliphatic carbocycles. The lowest BCUT2D eigenvalue weighted by Gasteiger charge is -2.08. The van der Waals surface area contributed by atoms with E-state index in [-0.39, 0.29) is 11.0 Å². The van der Waals surface area contributed by atoms with Crippen molar-refractivity contribution in [2.75, 3.05) is 0 Å². The standard InChI is InChI=1S/C6H10F3NOS/c1-4(2)5(12(10)11)3-6(7,8)9/h3-4H,10H2,1-2H3. The van der Waals surface area contributed by atoms with Crippen LogP contribution >= 0.6 is 0 Å². The molecule has 0 spiro atoms. The summed E-state index contributed by atoms with van der Waals surface area (Å²) in [6.45, 7) is 3.00. The Balaban J connectivity index is 4.75. The SMILES string of the molecule is CC(C)C(=CC(F)(F)F)S(N)=O. The molecule has 0 bridgehead atoms. The zero-order valence-electron chi connectivity index (χ0n) is 6.68. The number of rotatable bonds is 2. The average molecular weight is 201 g/mol. The summed E-state index contributed by atoms with van der Waals surface area (Å²) in [5.74, 6) is -0.461. The molecule has 1 unspecified atom stereocenters. The summed E-state index contributed by atoms with van der Waals surface area (Å²) in [7, 11) is -2.04. The van der Waals surface area contributed by atoms with Crippen LogP contribution in [0.1, 0.15) is 13.8 Å². The van der Waals surface area contributed by atoms with Crippen molar-refractivity contribution in [2.45, 2.75) is 20.0 Å². The Morgan fingerprint density at radius 1 is 1.50 bits per heavy atom. The Labute approximate surface area is 71.2 Å². The van der Waals surface area contributed by atoms with E-state index in [1.165, 1.54) is 13.8 Å². The van der Waals surface area contributed by atoms with Gasteiger partial charge in [0.15, 0.2) is 0 Å². The van der Waals surface area contributed by atoms with E-state index in [1.54, 1.807) is 0 Å². The summed E-state index contributed by atoms with van der Waals surface area (Å²) in [6.07, 6.45) is -4.46. The molecule has 0 saturated heterocycles. The predicted octanol–water partition coefficient (Wildman–Crippen LogP) is 1.71. The molecule has 2 N–H and O–H groups in total. The molecule has 0 aliphatic heterocycles. The minimum atomic E-state index is -4.45. The van der Waals surface area contributed by atoms with Crippen molar-refractivity contribution >= 4 is 11.0 Å². The van der Waals surface area contributed by atoms with Crippen LogP contribution < -0.4 is 5.14 Å². The van der Waals surface area contributed by atoms with Crippen LogP contribution in [0.5, 0.6) is 0 Å². The fraction of sp³-hybridized carbons (Fsp3) is 0.667. The molecule has 0 rings (SSSR count). The Kier molecular flexibility index (Phi) is 3.92. The number of hydrogen-bond acceptors (Lipinski definition) is 1. The van der Waals surface area contributed by atoms with Crippen LogP contribution in [-0.4, -0.2) is 10.4 Å². The van der Waals surface area contributed by atoms with E-state index in [4.69, 9.17) is 5.14 Å². The molecule has 0 aromatic heterocycles. The van der Waals surface area contributed by atoms with E-state index >= 15 is 0 Å². The lowest BCUT2D eigenvalue weighted by Crippen LogP contribution is -2.15. The second-order valence-electron chi connectivity index (χ2n) is 2.54. The molecule has 0 aromatic carbocycles. The fourth-order valence-corrected chi connectivity index (χ4v) is 1.33. The van der Waals surface area contributed by atoms with Crippen LogP contribution in [0, 0.1) is 5.92 Å². The van der Waals surface area contributed by atoms with Gasteiger partial charge in [0.1, 0.15) is 11.0 Å². The van der Waals surface area contributed by atoms with Crippen LogP contribution in [-0.2, 0) is 11.0 Å². The van der Waals surface area contributed by atoms with Gasteiger partial charge in [-0.2, -0.15) is 13.2 Å². The van der Waals surface area contributed by atoms with Crippen molar-refractivity contribution in [3.05, 3.63) is 11.0 Å². The van der Waals surface area contributed by atoms with Gasteiger partial charge in [0.2, 0.25) is 0 Å². The van der Waals surface area contributed by atoms with Gasteiger partial charge >= 0.3 is 6.18 Å². The second kappa shape index (κ2) is 4.04. The summed E-state index contributed by atoms with van der Waals surface area (Å²) < 4.78 is 45.9. The number of allylic oxidation sites excluding steroid dienone is 2. The molecule has 0 heterocycles. The maximum atomic E-state index is 11.8. The van der Waals surface area contributed by atoms with Crippen molar-refractivity contribution in [1.82, 2.24) is 0 Å². The molecule has 1 atom stereocenters. The third kappa shape index (κ3) is 4.50. The first-order valence-electron chi connectivity index (χ1n) is 3.19. The fourth-order valence-electron chi connectivity index (χ4n) is 0.618. The quantitative estimate of drug-likeness (QED) is 0.726. The lowest BCUT2D eigenvalue weighted by atomic mass is 10.2. The van der Waals surface area contributed by atoms with Crippen LogP contribution in [0.3, 0.4) is 0 Å². The molecule has 2 nitrogen and oxygen atoms in total. The molecule has 12 heavy (non-hydrogen) atoms. The third-order valence-electron chi connectivity index (χ3n) is 1.11. The van der Waals surface area contributed by atoms with Crippen molar-refractivity contribution in [3.8, 4) is 0 Å². The van der Waals surface area contributed by atoms with Gasteiger partial charge in [-0.25, -0.2) is 9.35 Å². The molecule has 0 aromatic rings. The number of hydrogen-bond donors (Lipinski definition) is 1. The van der Waals surface area contributed by atoms with E-state index < -0.39 is 23.1 Å². The van der Waals surface area contributed by atoms with Crippen molar-refractivity contribution < 1.29 is 17.4 Å². The smallest absolute Gasteiger partial charge is 0.248 e. The zero-order chi connectivity index (χ0) is 9.94. The number of alkyl halides is 3. The van der Waals surface area contributed by atoms with Gasteiger partial charge in [0.25, 0.3) is 0 Å². The van der Waals surface area contributed by atoms with Crippen LogP contribution in [0.4, 0.5) is 13.2 Å². The highest BCUT2D eigenvalue weighted by atomic mass is 32.2. The molecule has 0 saturated carbocycles. The first kappa shape index (κ1) is 11.6. The molecule has 0 fully saturated rings. The molecule has 0 radical (unpaired) electrons. The zero-order valence-corrected chi connectivity index (χ0v) is 7.50. The highest BCUT2D eigenvalue weighted by Gasteiger charge is 2.26. The van der Waals surface area contributed by atoms with Crippen LogP contribution in [0.15, 0.2) is 11.0 Å². The van der Waals surface area contributed by atoms with Gasteiger partial charge in [-0.1, -0.05) is 13.8 Å². The summed E-state index contributed by atoms with van der Waals surface area (Å²) >= 11 is 0. The topological polar surface area (TPSA) is 43.1 Å². The Hall–Kier alpha value is -0.360. The lowest BCUT2D eigenvalue weighted by molar-refractivity contribution is -0.0804. The van der Waals surface area contributed by atoms with Crippen molar-refractivity contribution in [2.24, 2.45) is 11.1 Å². The molecular formula is C6H10F3NOS. The van der Waals surface area contributed by atoms with Gasteiger partial charge < -0.3 is 0 Å². The summed E-state index contributed by atoms with van der Waals surface area (Å²) in [5.41, 5.74) is 0. The highest BCUT2D eigenvalue weighted by Crippen LogP contribution is 2.22. The largest absolute Gasteiger partial charge is 0.410 e. The number of nitrogens with two attached hydrogens (primary N) is 1. The van der Waals surface area contributed by atoms with E-state index in [0.29, 0.717) is 0 Å². The Morgan fingerprint density at radius 3 is 2.00 bits per heavy atom. The van der Waals surface area contributed by atoms with E-state index in [9.17, 15) is 17.4 Å². The maximum absolute atomic E-state index is 11.8. The molecular weight excluding hydrogens is 191 g/mol. The number of halogens is 3. The normalized spacial score (nSPS) is 16.8. The minimum Gasteiger partial charge on any atom is -0.248 e. The van der Waals surface area contributed by atoms with Gasteiger partial charge in [0, 0.05) is 11.0 Å². The van der Waals surface area contributed by atoms with Gasteiger partial charge in [-0.05, 0) is 5.92 Å². The van der Waals surface area contributed by atoms with Crippen molar-refractivity contribution in [1.29, 1.82) is 0 Å². The van der Waals surface area contributed by atoms with Crippen molar-refractivity contribution in [3.63, 3.8) is 0 Å². The summed E-state index contributed by atoms with van der Waals surface area (Å²) in [4.78, 5) is -0.289. The van der Waals surface area contributed by atoms with Gasteiger partial charge in [-0.15, -0.1) is 0 Å². The molecule has 6 heteroatoms. The first-order chi connectivity index (χ1) is 5.24. The van der Waals surface area contributed by atoms with Crippen LogP contribution in [0.25, 0.3) is 0 Å². The highest BCUT2D eigenvalue weighted by molar-refractivity contribution is 7.86.